The van der Waals surface area contributed by atoms with Crippen molar-refractivity contribution in [2.24, 2.45) is 0 Å². The fraction of sp³-hybridized carbons (Fsp3) is 0.250. The molecule has 0 aliphatic heterocycles. The summed E-state index contributed by atoms with van der Waals surface area (Å²) >= 11 is 0. The number of halogens is 2. The standard InChI is InChI=1S/C8H10O.2ClH/c1-6-3-7(2)5-8(9)4-6;;/h3-5,9H,1-2H3;2*1H. The van der Waals surface area contributed by atoms with Crippen molar-refractivity contribution < 1.29 is 5.11 Å². The number of aryl methyl sites for hydroxylation is 2. The van der Waals surface area contributed by atoms with Crippen molar-refractivity contribution in [3.8, 4) is 5.75 Å². The van der Waals surface area contributed by atoms with E-state index in [1.54, 1.807) is 12.1 Å². The van der Waals surface area contributed by atoms with Gasteiger partial charge in [-0.2, -0.15) is 0 Å². The number of benzene rings is 1. The van der Waals surface area contributed by atoms with Gasteiger partial charge in [0.15, 0.2) is 0 Å². The zero-order chi connectivity index (χ0) is 6.85. The molecule has 0 radical (unpaired) electrons. The molecule has 11 heavy (non-hydrogen) atoms. The molecule has 0 aliphatic rings. The van der Waals surface area contributed by atoms with Gasteiger partial charge >= 0.3 is 0 Å². The smallest absolute Gasteiger partial charge is 0.116 e. The monoisotopic (exact) mass is 194 g/mol. The van der Waals surface area contributed by atoms with E-state index in [0.717, 1.165) is 11.1 Å². The molecular formula is C8H12Cl2O. The lowest BCUT2D eigenvalue weighted by Gasteiger charge is -1.95. The van der Waals surface area contributed by atoms with E-state index in [1.165, 1.54) is 0 Å². The van der Waals surface area contributed by atoms with Crippen molar-refractivity contribution in [3.05, 3.63) is 29.3 Å². The van der Waals surface area contributed by atoms with Crippen LogP contribution in [0, 0.1) is 13.8 Å². The Morgan fingerprint density at radius 2 is 1.27 bits per heavy atom. The minimum absolute atomic E-state index is 0. The maximum Gasteiger partial charge on any atom is 0.116 e. The van der Waals surface area contributed by atoms with Gasteiger partial charge in [0, 0.05) is 0 Å². The first kappa shape index (κ1) is 13.2. The molecule has 1 N–H and O–H groups in total. The van der Waals surface area contributed by atoms with Crippen LogP contribution in [0.4, 0.5) is 0 Å². The van der Waals surface area contributed by atoms with E-state index in [0.29, 0.717) is 5.75 Å². The molecule has 0 aromatic heterocycles. The van der Waals surface area contributed by atoms with E-state index in [4.69, 9.17) is 5.11 Å². The van der Waals surface area contributed by atoms with Crippen LogP contribution in [0.1, 0.15) is 11.1 Å². The van der Waals surface area contributed by atoms with Gasteiger partial charge in [0.05, 0.1) is 0 Å². The molecule has 0 unspecified atom stereocenters. The van der Waals surface area contributed by atoms with Crippen molar-refractivity contribution in [2.45, 2.75) is 13.8 Å². The summed E-state index contributed by atoms with van der Waals surface area (Å²) < 4.78 is 0. The molecule has 0 spiro atoms. The van der Waals surface area contributed by atoms with Crippen LogP contribution in [0.5, 0.6) is 5.75 Å². The van der Waals surface area contributed by atoms with Gasteiger partial charge in [0.2, 0.25) is 0 Å². The molecule has 0 aliphatic carbocycles. The molecule has 64 valence electrons. The average molecular weight is 195 g/mol. The lowest BCUT2D eigenvalue weighted by Crippen LogP contribution is -1.74. The van der Waals surface area contributed by atoms with Crippen LogP contribution in [0.25, 0.3) is 0 Å². The molecular weight excluding hydrogens is 183 g/mol. The van der Waals surface area contributed by atoms with E-state index in [-0.39, 0.29) is 24.8 Å². The zero-order valence-electron chi connectivity index (χ0n) is 6.50. The summed E-state index contributed by atoms with van der Waals surface area (Å²) in [5, 5.41) is 8.99. The molecule has 0 amide bonds. The first-order valence-electron chi connectivity index (χ1n) is 2.96. The SMILES string of the molecule is Cc1cc(C)cc(O)c1.Cl.Cl. The third-order valence-corrected chi connectivity index (χ3v) is 1.21. The number of hydrogen-bond acceptors (Lipinski definition) is 1. The normalized spacial score (nSPS) is 7.82. The summed E-state index contributed by atoms with van der Waals surface area (Å²) in [6, 6.07) is 5.51. The Balaban J connectivity index is 0. The number of rotatable bonds is 0. The quantitative estimate of drug-likeness (QED) is 0.674. The summed E-state index contributed by atoms with van der Waals surface area (Å²) in [5.41, 5.74) is 2.21. The van der Waals surface area contributed by atoms with Crippen LogP contribution >= 0.6 is 24.8 Å². The molecule has 0 atom stereocenters. The van der Waals surface area contributed by atoms with E-state index in [9.17, 15) is 0 Å². The number of phenolic OH excluding ortho intramolecular Hbond substituents is 1. The van der Waals surface area contributed by atoms with E-state index >= 15 is 0 Å². The van der Waals surface area contributed by atoms with Crippen molar-refractivity contribution in [3.63, 3.8) is 0 Å². The summed E-state index contributed by atoms with van der Waals surface area (Å²) in [6.07, 6.45) is 0. The first-order chi connectivity index (χ1) is 4.18. The molecule has 1 aromatic rings. The van der Waals surface area contributed by atoms with Gasteiger partial charge in [-0.3, -0.25) is 0 Å². The van der Waals surface area contributed by atoms with Crippen molar-refractivity contribution in [1.82, 2.24) is 0 Å². The minimum Gasteiger partial charge on any atom is -0.508 e. The van der Waals surface area contributed by atoms with Gasteiger partial charge in [0.25, 0.3) is 0 Å². The Morgan fingerprint density at radius 3 is 1.55 bits per heavy atom. The Hall–Kier alpha value is -0.400. The molecule has 1 rings (SSSR count). The lowest BCUT2D eigenvalue weighted by molar-refractivity contribution is 0.474. The van der Waals surface area contributed by atoms with Gasteiger partial charge in [-0.1, -0.05) is 6.07 Å². The van der Waals surface area contributed by atoms with Crippen LogP contribution in [0.3, 0.4) is 0 Å². The van der Waals surface area contributed by atoms with Gasteiger partial charge in [-0.25, -0.2) is 0 Å². The van der Waals surface area contributed by atoms with Gasteiger partial charge in [-0.15, -0.1) is 24.8 Å². The third-order valence-electron chi connectivity index (χ3n) is 1.21. The Morgan fingerprint density at radius 1 is 0.909 bits per heavy atom. The first-order valence-corrected chi connectivity index (χ1v) is 2.96. The van der Waals surface area contributed by atoms with E-state index in [1.807, 2.05) is 19.9 Å². The highest BCUT2D eigenvalue weighted by Crippen LogP contribution is 2.13. The highest BCUT2D eigenvalue weighted by molar-refractivity contribution is 5.85. The van der Waals surface area contributed by atoms with E-state index in [2.05, 4.69) is 0 Å². The number of phenols is 1. The average Bonchev–Trinajstić information content (AvgIpc) is 1.59. The Kier molecular flexibility index (Phi) is 6.34. The molecule has 0 heterocycles. The zero-order valence-corrected chi connectivity index (χ0v) is 8.13. The summed E-state index contributed by atoms with van der Waals surface area (Å²) in [6.45, 7) is 3.93. The largest absolute Gasteiger partial charge is 0.508 e. The maximum absolute atomic E-state index is 8.99. The second-order valence-electron chi connectivity index (χ2n) is 2.35. The lowest BCUT2D eigenvalue weighted by atomic mass is 10.1. The highest BCUT2D eigenvalue weighted by Gasteiger charge is 1.89. The van der Waals surface area contributed by atoms with Crippen molar-refractivity contribution in [2.75, 3.05) is 0 Å². The summed E-state index contributed by atoms with van der Waals surface area (Å²) in [7, 11) is 0. The molecule has 1 nitrogen and oxygen atoms in total. The third kappa shape index (κ3) is 4.12. The Bertz CT molecular complexity index is 173. The summed E-state index contributed by atoms with van der Waals surface area (Å²) in [4.78, 5) is 0. The topological polar surface area (TPSA) is 20.2 Å². The van der Waals surface area contributed by atoms with Crippen LogP contribution in [-0.4, -0.2) is 5.11 Å². The molecule has 0 fully saturated rings. The van der Waals surface area contributed by atoms with Crippen LogP contribution < -0.4 is 0 Å². The highest BCUT2D eigenvalue weighted by atomic mass is 35.5. The molecule has 0 saturated heterocycles. The van der Waals surface area contributed by atoms with Crippen LogP contribution in [-0.2, 0) is 0 Å². The fourth-order valence-corrected chi connectivity index (χ4v) is 0.951. The molecule has 0 bridgehead atoms. The minimum atomic E-state index is 0. The predicted molar refractivity (Wildman–Crippen MR) is 52.1 cm³/mol. The van der Waals surface area contributed by atoms with Gasteiger partial charge < -0.3 is 5.11 Å². The van der Waals surface area contributed by atoms with Gasteiger partial charge in [-0.05, 0) is 37.1 Å². The molecule has 0 saturated carbocycles. The maximum atomic E-state index is 8.99. The second-order valence-corrected chi connectivity index (χ2v) is 2.35. The number of hydrogen-bond donors (Lipinski definition) is 1. The van der Waals surface area contributed by atoms with Gasteiger partial charge in [0.1, 0.15) is 5.75 Å². The predicted octanol–water partition coefficient (Wildman–Crippen LogP) is 2.85. The fourth-order valence-electron chi connectivity index (χ4n) is 0.951. The Labute approximate surface area is 79.3 Å². The van der Waals surface area contributed by atoms with Crippen LogP contribution in [0.15, 0.2) is 18.2 Å². The van der Waals surface area contributed by atoms with Crippen LogP contribution in [0.2, 0.25) is 0 Å². The second kappa shape index (κ2) is 5.28. The van der Waals surface area contributed by atoms with Crippen molar-refractivity contribution >= 4 is 24.8 Å². The molecule has 1 aromatic carbocycles. The van der Waals surface area contributed by atoms with Crippen molar-refractivity contribution in [1.29, 1.82) is 0 Å². The summed E-state index contributed by atoms with van der Waals surface area (Å²) in [5.74, 6) is 0.354. The number of aromatic hydroxyl groups is 1. The molecule has 3 heteroatoms. The van der Waals surface area contributed by atoms with E-state index < -0.39 is 0 Å².